The standard InChI is InChI=1S/C21H26F2N4O/c22-18-4-3-16(11-19(18)23)10-15-5-8-26(9-6-15)20-12-21(25-14-24-20)27-7-1-2-17(27)13-28/h3-4,11-12,14-15,17,28H,1-2,5-10,13H2. The second-order valence-electron chi connectivity index (χ2n) is 7.79. The molecule has 0 spiro atoms. The molecule has 28 heavy (non-hydrogen) atoms. The molecule has 2 aliphatic rings. The van der Waals surface area contributed by atoms with Gasteiger partial charge in [-0.15, -0.1) is 0 Å². The smallest absolute Gasteiger partial charge is 0.159 e. The van der Waals surface area contributed by atoms with Gasteiger partial charge in [0.15, 0.2) is 11.6 Å². The molecule has 2 saturated heterocycles. The second-order valence-corrected chi connectivity index (χ2v) is 7.79. The monoisotopic (exact) mass is 388 g/mol. The van der Waals surface area contributed by atoms with Crippen molar-refractivity contribution in [1.29, 1.82) is 0 Å². The average molecular weight is 388 g/mol. The highest BCUT2D eigenvalue weighted by atomic mass is 19.2. The van der Waals surface area contributed by atoms with E-state index >= 15 is 0 Å². The Bertz CT molecular complexity index is 811. The van der Waals surface area contributed by atoms with Crippen molar-refractivity contribution in [3.05, 3.63) is 47.8 Å². The van der Waals surface area contributed by atoms with Gasteiger partial charge in [0.05, 0.1) is 12.6 Å². The van der Waals surface area contributed by atoms with Crippen LogP contribution in [0, 0.1) is 17.6 Å². The number of hydrogen-bond acceptors (Lipinski definition) is 5. The Balaban J connectivity index is 1.37. The summed E-state index contributed by atoms with van der Waals surface area (Å²) in [7, 11) is 0. The van der Waals surface area contributed by atoms with E-state index in [-0.39, 0.29) is 12.6 Å². The summed E-state index contributed by atoms with van der Waals surface area (Å²) in [6.45, 7) is 2.83. The van der Waals surface area contributed by atoms with E-state index in [0.717, 1.165) is 68.9 Å². The van der Waals surface area contributed by atoms with Crippen molar-refractivity contribution in [1.82, 2.24) is 9.97 Å². The highest BCUT2D eigenvalue weighted by Gasteiger charge is 2.26. The third kappa shape index (κ3) is 4.09. The average Bonchev–Trinajstić information content (AvgIpc) is 3.20. The van der Waals surface area contributed by atoms with E-state index in [4.69, 9.17) is 0 Å². The number of hydrogen-bond donors (Lipinski definition) is 1. The summed E-state index contributed by atoms with van der Waals surface area (Å²) >= 11 is 0. The van der Waals surface area contributed by atoms with Crippen LogP contribution in [0.4, 0.5) is 20.4 Å². The second kappa shape index (κ2) is 8.39. The Labute approximate surface area is 164 Å². The van der Waals surface area contributed by atoms with Crippen molar-refractivity contribution in [3.8, 4) is 0 Å². The van der Waals surface area contributed by atoms with Gasteiger partial charge in [0.2, 0.25) is 0 Å². The van der Waals surface area contributed by atoms with Gasteiger partial charge in [0.25, 0.3) is 0 Å². The first-order valence-corrected chi connectivity index (χ1v) is 10.0. The number of nitrogens with zero attached hydrogens (tertiary/aromatic N) is 4. The molecule has 1 aromatic carbocycles. The molecule has 0 radical (unpaired) electrons. The van der Waals surface area contributed by atoms with Crippen molar-refractivity contribution in [2.24, 2.45) is 5.92 Å². The number of rotatable bonds is 5. The molecular formula is C21H26F2N4O. The lowest BCUT2D eigenvalue weighted by Crippen LogP contribution is -2.36. The minimum Gasteiger partial charge on any atom is -0.394 e. The Morgan fingerprint density at radius 1 is 0.964 bits per heavy atom. The Morgan fingerprint density at radius 3 is 2.50 bits per heavy atom. The van der Waals surface area contributed by atoms with Crippen LogP contribution in [0.25, 0.3) is 0 Å². The number of halogens is 2. The highest BCUT2D eigenvalue weighted by molar-refractivity contribution is 5.51. The SMILES string of the molecule is OCC1CCCN1c1cc(N2CCC(Cc3ccc(F)c(F)c3)CC2)ncn1. The largest absolute Gasteiger partial charge is 0.394 e. The molecule has 0 saturated carbocycles. The first kappa shape index (κ1) is 19.1. The lowest BCUT2D eigenvalue weighted by atomic mass is 9.90. The molecule has 3 heterocycles. The molecule has 2 fully saturated rings. The van der Waals surface area contributed by atoms with Crippen LogP contribution in [0.1, 0.15) is 31.2 Å². The minimum absolute atomic E-state index is 0.143. The zero-order valence-corrected chi connectivity index (χ0v) is 15.9. The van der Waals surface area contributed by atoms with Crippen molar-refractivity contribution in [2.45, 2.75) is 38.1 Å². The highest BCUT2D eigenvalue weighted by Crippen LogP contribution is 2.29. The third-order valence-electron chi connectivity index (χ3n) is 5.97. The van der Waals surface area contributed by atoms with E-state index in [2.05, 4.69) is 19.8 Å². The summed E-state index contributed by atoms with van der Waals surface area (Å²) in [5, 5.41) is 9.56. The van der Waals surface area contributed by atoms with Crippen LogP contribution < -0.4 is 9.80 Å². The fourth-order valence-electron chi connectivity index (χ4n) is 4.36. The molecule has 4 rings (SSSR count). The Morgan fingerprint density at radius 2 is 1.75 bits per heavy atom. The van der Waals surface area contributed by atoms with Crippen LogP contribution in [-0.4, -0.2) is 47.4 Å². The van der Waals surface area contributed by atoms with Gasteiger partial charge in [-0.2, -0.15) is 0 Å². The van der Waals surface area contributed by atoms with Crippen LogP contribution >= 0.6 is 0 Å². The zero-order valence-electron chi connectivity index (χ0n) is 15.9. The number of aliphatic hydroxyl groups is 1. The van der Waals surface area contributed by atoms with Crippen molar-refractivity contribution in [2.75, 3.05) is 36.0 Å². The number of piperidine rings is 1. The van der Waals surface area contributed by atoms with Crippen LogP contribution in [0.2, 0.25) is 0 Å². The van der Waals surface area contributed by atoms with Gasteiger partial charge in [-0.3, -0.25) is 0 Å². The lowest BCUT2D eigenvalue weighted by Gasteiger charge is -2.33. The first-order valence-electron chi connectivity index (χ1n) is 10.0. The molecule has 2 aromatic rings. The molecule has 0 aliphatic carbocycles. The van der Waals surface area contributed by atoms with E-state index in [1.807, 2.05) is 6.07 Å². The van der Waals surface area contributed by atoms with Gasteiger partial charge in [-0.1, -0.05) is 6.07 Å². The molecule has 1 unspecified atom stereocenters. The number of aromatic nitrogens is 2. The molecular weight excluding hydrogens is 362 g/mol. The molecule has 150 valence electrons. The van der Waals surface area contributed by atoms with Gasteiger partial charge in [0, 0.05) is 25.7 Å². The van der Waals surface area contributed by atoms with Gasteiger partial charge in [-0.05, 0) is 55.7 Å². The molecule has 2 aliphatic heterocycles. The van der Waals surface area contributed by atoms with Crippen LogP contribution in [0.3, 0.4) is 0 Å². The quantitative estimate of drug-likeness (QED) is 0.853. The van der Waals surface area contributed by atoms with E-state index in [0.29, 0.717) is 5.92 Å². The molecule has 1 atom stereocenters. The van der Waals surface area contributed by atoms with Gasteiger partial charge < -0.3 is 14.9 Å². The summed E-state index contributed by atoms with van der Waals surface area (Å²) in [5.74, 6) is 0.691. The maximum absolute atomic E-state index is 13.4. The molecule has 1 N–H and O–H groups in total. The number of aliphatic hydroxyl groups excluding tert-OH is 1. The molecule has 0 amide bonds. The fraction of sp³-hybridized carbons (Fsp3) is 0.524. The first-order chi connectivity index (χ1) is 13.6. The number of benzene rings is 1. The predicted octanol–water partition coefficient (Wildman–Crippen LogP) is 3.18. The topological polar surface area (TPSA) is 52.5 Å². The van der Waals surface area contributed by atoms with Gasteiger partial charge in [-0.25, -0.2) is 18.7 Å². The van der Waals surface area contributed by atoms with Gasteiger partial charge >= 0.3 is 0 Å². The summed E-state index contributed by atoms with van der Waals surface area (Å²) < 4.78 is 26.5. The zero-order chi connectivity index (χ0) is 19.5. The normalized spacial score (nSPS) is 20.8. The van der Waals surface area contributed by atoms with Crippen molar-refractivity contribution in [3.63, 3.8) is 0 Å². The van der Waals surface area contributed by atoms with Gasteiger partial charge in [0.1, 0.15) is 18.0 Å². The van der Waals surface area contributed by atoms with E-state index in [9.17, 15) is 13.9 Å². The summed E-state index contributed by atoms with van der Waals surface area (Å²) in [4.78, 5) is 13.3. The Kier molecular flexibility index (Phi) is 5.71. The van der Waals surface area contributed by atoms with Crippen molar-refractivity contribution < 1.29 is 13.9 Å². The van der Waals surface area contributed by atoms with Crippen LogP contribution in [0.15, 0.2) is 30.6 Å². The van der Waals surface area contributed by atoms with Crippen molar-refractivity contribution >= 4 is 11.6 Å². The molecule has 1 aromatic heterocycles. The van der Waals surface area contributed by atoms with Crippen LogP contribution in [0.5, 0.6) is 0 Å². The molecule has 0 bridgehead atoms. The van der Waals surface area contributed by atoms with E-state index < -0.39 is 11.6 Å². The lowest BCUT2D eigenvalue weighted by molar-refractivity contribution is 0.266. The van der Waals surface area contributed by atoms with Crippen LogP contribution in [-0.2, 0) is 6.42 Å². The maximum Gasteiger partial charge on any atom is 0.159 e. The molecule has 7 heteroatoms. The minimum atomic E-state index is -0.792. The summed E-state index contributed by atoms with van der Waals surface area (Å²) in [5.41, 5.74) is 0.853. The van der Waals surface area contributed by atoms with E-state index in [1.165, 1.54) is 12.1 Å². The predicted molar refractivity (Wildman–Crippen MR) is 104 cm³/mol. The van der Waals surface area contributed by atoms with E-state index in [1.54, 1.807) is 12.4 Å². The third-order valence-corrected chi connectivity index (χ3v) is 5.97. The summed E-state index contributed by atoms with van der Waals surface area (Å²) in [6.07, 6.45) is 6.41. The maximum atomic E-state index is 13.4. The fourth-order valence-corrected chi connectivity index (χ4v) is 4.36. The summed E-state index contributed by atoms with van der Waals surface area (Å²) in [6, 6.07) is 6.36. The molecule has 5 nitrogen and oxygen atoms in total. The Hall–Kier alpha value is -2.28. The number of anilines is 2.